The third-order valence-corrected chi connectivity index (χ3v) is 4.28. The Morgan fingerprint density at radius 3 is 3.00 bits per heavy atom. The predicted molar refractivity (Wildman–Crippen MR) is 75.3 cm³/mol. The number of carboxylic acids is 1. The monoisotopic (exact) mass is 273 g/mol. The molecule has 2 N–H and O–H groups in total. The third kappa shape index (κ3) is 2.46. The van der Waals surface area contributed by atoms with E-state index in [4.69, 9.17) is 0 Å². The van der Waals surface area contributed by atoms with Gasteiger partial charge in [-0.25, -0.2) is 4.98 Å². The van der Waals surface area contributed by atoms with Crippen LogP contribution in [0.15, 0.2) is 12.3 Å². The summed E-state index contributed by atoms with van der Waals surface area (Å²) in [5, 5.41) is 21.9. The van der Waals surface area contributed by atoms with Gasteiger partial charge in [-0.05, 0) is 38.3 Å². The van der Waals surface area contributed by atoms with E-state index in [2.05, 4.69) is 16.4 Å². The van der Waals surface area contributed by atoms with Crippen molar-refractivity contribution in [2.75, 3.05) is 5.32 Å². The van der Waals surface area contributed by atoms with Crippen LogP contribution in [-0.4, -0.2) is 22.1 Å². The number of carboxylic acid groups (broad SMARTS) is 1. The molecule has 0 spiro atoms. The van der Waals surface area contributed by atoms with Crippen LogP contribution in [0.5, 0.6) is 0 Å². The lowest BCUT2D eigenvalue weighted by Gasteiger charge is -2.38. The Labute approximate surface area is 118 Å². The largest absolute Gasteiger partial charge is 0.481 e. The summed E-state index contributed by atoms with van der Waals surface area (Å²) in [6.07, 6.45) is 4.98. The van der Waals surface area contributed by atoms with Gasteiger partial charge in [-0.15, -0.1) is 0 Å². The number of hydrogen-bond donors (Lipinski definition) is 2. The number of hydrogen-bond acceptors (Lipinski definition) is 4. The van der Waals surface area contributed by atoms with Crippen molar-refractivity contribution in [3.63, 3.8) is 0 Å². The summed E-state index contributed by atoms with van der Waals surface area (Å²) in [7, 11) is 0. The molecule has 0 aliphatic heterocycles. The van der Waals surface area contributed by atoms with E-state index in [9.17, 15) is 15.2 Å². The van der Waals surface area contributed by atoms with Crippen molar-refractivity contribution in [2.24, 2.45) is 5.41 Å². The van der Waals surface area contributed by atoms with Crippen molar-refractivity contribution in [2.45, 2.75) is 45.6 Å². The Bertz CT molecular complexity index is 565. The summed E-state index contributed by atoms with van der Waals surface area (Å²) in [4.78, 5) is 15.8. The van der Waals surface area contributed by atoms with E-state index >= 15 is 0 Å². The molecule has 2 unspecified atom stereocenters. The number of anilines is 1. The molecule has 20 heavy (non-hydrogen) atoms. The van der Waals surface area contributed by atoms with Crippen molar-refractivity contribution in [3.8, 4) is 6.07 Å². The van der Waals surface area contributed by atoms with Crippen LogP contribution in [0.3, 0.4) is 0 Å². The number of nitrogens with one attached hydrogen (secondary N) is 1. The molecule has 1 saturated carbocycles. The van der Waals surface area contributed by atoms with Gasteiger partial charge in [0.2, 0.25) is 0 Å². The Kier molecular flexibility index (Phi) is 3.93. The quantitative estimate of drug-likeness (QED) is 0.884. The van der Waals surface area contributed by atoms with Crippen molar-refractivity contribution < 1.29 is 9.90 Å². The molecule has 5 heteroatoms. The average molecular weight is 273 g/mol. The normalized spacial score (nSPS) is 25.8. The molecule has 1 aliphatic carbocycles. The smallest absolute Gasteiger partial charge is 0.311 e. The molecule has 1 fully saturated rings. The molecular formula is C15H19N3O2. The predicted octanol–water partition coefficient (Wildman–Crippen LogP) is 2.71. The lowest BCUT2D eigenvalue weighted by Crippen LogP contribution is -2.46. The number of carbonyl (C=O) groups is 1. The second-order valence-electron chi connectivity index (χ2n) is 5.63. The second kappa shape index (κ2) is 5.49. The number of nitrogens with zero attached hydrogens (tertiary/aromatic N) is 2. The van der Waals surface area contributed by atoms with E-state index in [1.54, 1.807) is 19.2 Å². The summed E-state index contributed by atoms with van der Waals surface area (Å²) in [6.45, 7) is 3.62. The first-order valence-corrected chi connectivity index (χ1v) is 6.84. The lowest BCUT2D eigenvalue weighted by atomic mass is 9.71. The molecule has 1 heterocycles. The van der Waals surface area contributed by atoms with Gasteiger partial charge < -0.3 is 10.4 Å². The van der Waals surface area contributed by atoms with Crippen LogP contribution in [0.4, 0.5) is 5.82 Å². The first-order chi connectivity index (χ1) is 9.49. The molecule has 0 aromatic carbocycles. The van der Waals surface area contributed by atoms with Gasteiger partial charge in [0.15, 0.2) is 0 Å². The molecule has 0 bridgehead atoms. The minimum absolute atomic E-state index is 0.199. The molecule has 0 radical (unpaired) electrons. The number of nitriles is 1. The summed E-state index contributed by atoms with van der Waals surface area (Å²) in [5.41, 5.74) is 0.528. The SMILES string of the molecule is Cc1ccnc(NC2CCCCC2(C)C(=O)O)c1C#N. The standard InChI is InChI=1S/C15H19N3O2/c1-10-6-8-17-13(11(10)9-16)18-12-5-3-4-7-15(12,2)14(19)20/h6,8,12H,3-5,7H2,1-2H3,(H,17,18)(H,19,20). The van der Waals surface area contributed by atoms with E-state index in [0.717, 1.165) is 24.8 Å². The van der Waals surface area contributed by atoms with Gasteiger partial charge in [0.1, 0.15) is 11.9 Å². The lowest BCUT2D eigenvalue weighted by molar-refractivity contribution is -0.150. The van der Waals surface area contributed by atoms with Crippen LogP contribution >= 0.6 is 0 Å². The van der Waals surface area contributed by atoms with Crippen LogP contribution in [-0.2, 0) is 4.79 Å². The van der Waals surface area contributed by atoms with Crippen LogP contribution < -0.4 is 5.32 Å². The summed E-state index contributed by atoms with van der Waals surface area (Å²) < 4.78 is 0. The summed E-state index contributed by atoms with van der Waals surface area (Å²) >= 11 is 0. The Hall–Kier alpha value is -2.09. The molecule has 1 aromatic heterocycles. The third-order valence-electron chi connectivity index (χ3n) is 4.28. The fourth-order valence-electron chi connectivity index (χ4n) is 2.79. The number of pyridine rings is 1. The fourth-order valence-corrected chi connectivity index (χ4v) is 2.79. The van der Waals surface area contributed by atoms with E-state index < -0.39 is 11.4 Å². The second-order valence-corrected chi connectivity index (χ2v) is 5.63. The molecule has 5 nitrogen and oxygen atoms in total. The number of aryl methyl sites for hydroxylation is 1. The van der Waals surface area contributed by atoms with Gasteiger partial charge in [0.05, 0.1) is 11.0 Å². The molecule has 2 rings (SSSR count). The zero-order valence-electron chi connectivity index (χ0n) is 11.8. The van der Waals surface area contributed by atoms with Crippen LogP contribution in [0, 0.1) is 23.7 Å². The van der Waals surface area contributed by atoms with E-state index in [1.165, 1.54) is 0 Å². The van der Waals surface area contributed by atoms with Gasteiger partial charge in [-0.1, -0.05) is 12.8 Å². The maximum Gasteiger partial charge on any atom is 0.311 e. The van der Waals surface area contributed by atoms with E-state index in [-0.39, 0.29) is 6.04 Å². The summed E-state index contributed by atoms with van der Waals surface area (Å²) in [6, 6.07) is 3.72. The Morgan fingerprint density at radius 2 is 2.35 bits per heavy atom. The zero-order chi connectivity index (χ0) is 14.8. The van der Waals surface area contributed by atoms with Crippen LogP contribution in [0.1, 0.15) is 43.7 Å². The highest BCUT2D eigenvalue weighted by Crippen LogP contribution is 2.38. The Morgan fingerprint density at radius 1 is 1.60 bits per heavy atom. The highest BCUT2D eigenvalue weighted by molar-refractivity contribution is 5.76. The number of aliphatic carboxylic acids is 1. The molecule has 106 valence electrons. The zero-order valence-corrected chi connectivity index (χ0v) is 11.8. The molecule has 0 saturated heterocycles. The molecule has 0 amide bonds. The number of aromatic nitrogens is 1. The topological polar surface area (TPSA) is 86.0 Å². The van der Waals surface area contributed by atoms with Gasteiger partial charge in [-0.3, -0.25) is 4.79 Å². The van der Waals surface area contributed by atoms with Crippen molar-refractivity contribution >= 4 is 11.8 Å². The maximum atomic E-state index is 11.6. The van der Waals surface area contributed by atoms with Gasteiger partial charge >= 0.3 is 5.97 Å². The highest BCUT2D eigenvalue weighted by Gasteiger charge is 2.43. The van der Waals surface area contributed by atoms with E-state index in [0.29, 0.717) is 17.8 Å². The van der Waals surface area contributed by atoms with Gasteiger partial charge in [-0.2, -0.15) is 5.26 Å². The van der Waals surface area contributed by atoms with Gasteiger partial charge in [0.25, 0.3) is 0 Å². The summed E-state index contributed by atoms with van der Waals surface area (Å²) in [5.74, 6) is -0.298. The minimum Gasteiger partial charge on any atom is -0.481 e. The molecule has 1 aliphatic rings. The Balaban J connectivity index is 2.31. The number of rotatable bonds is 3. The first kappa shape index (κ1) is 14.3. The van der Waals surface area contributed by atoms with Crippen LogP contribution in [0.25, 0.3) is 0 Å². The fraction of sp³-hybridized carbons (Fsp3) is 0.533. The highest BCUT2D eigenvalue weighted by atomic mass is 16.4. The molecule has 2 atom stereocenters. The molecule has 1 aromatic rings. The first-order valence-electron chi connectivity index (χ1n) is 6.84. The van der Waals surface area contributed by atoms with Crippen molar-refractivity contribution in [3.05, 3.63) is 23.4 Å². The van der Waals surface area contributed by atoms with Crippen molar-refractivity contribution in [1.82, 2.24) is 4.98 Å². The van der Waals surface area contributed by atoms with Crippen LogP contribution in [0.2, 0.25) is 0 Å². The van der Waals surface area contributed by atoms with E-state index in [1.807, 2.05) is 6.92 Å². The van der Waals surface area contributed by atoms with Crippen molar-refractivity contribution in [1.29, 1.82) is 5.26 Å². The maximum absolute atomic E-state index is 11.6. The minimum atomic E-state index is -0.809. The van der Waals surface area contributed by atoms with Gasteiger partial charge in [0, 0.05) is 12.2 Å². The average Bonchev–Trinajstić information content (AvgIpc) is 2.41. The molecular weight excluding hydrogens is 254 g/mol.